The Balaban J connectivity index is 2.16. The maximum absolute atomic E-state index is 5.76. The van der Waals surface area contributed by atoms with Gasteiger partial charge in [0.1, 0.15) is 5.76 Å². The van der Waals surface area contributed by atoms with Crippen LogP contribution in [0.4, 0.5) is 0 Å². The fourth-order valence-electron chi connectivity index (χ4n) is 2.00. The van der Waals surface area contributed by atoms with Gasteiger partial charge in [-0.05, 0) is 18.3 Å². The number of aromatic nitrogens is 1. The second-order valence-electron chi connectivity index (χ2n) is 4.99. The molecule has 2 heteroatoms. The average Bonchev–Trinajstić information content (AvgIpc) is 2.57. The van der Waals surface area contributed by atoms with E-state index in [0.717, 1.165) is 36.3 Å². The van der Waals surface area contributed by atoms with Crippen LogP contribution in [0.15, 0.2) is 4.42 Å². The van der Waals surface area contributed by atoms with Crippen molar-refractivity contribution in [2.75, 3.05) is 0 Å². The smallest absolute Gasteiger partial charge is 0.197 e. The first-order valence-corrected chi connectivity index (χ1v) is 5.56. The second kappa shape index (κ2) is 3.41. The molecule has 0 bridgehead atoms. The van der Waals surface area contributed by atoms with Crippen molar-refractivity contribution < 1.29 is 4.42 Å². The molecule has 0 saturated carbocycles. The predicted molar refractivity (Wildman–Crippen MR) is 56.3 cm³/mol. The number of rotatable bonds is 2. The van der Waals surface area contributed by atoms with Gasteiger partial charge >= 0.3 is 0 Å². The highest BCUT2D eigenvalue weighted by Gasteiger charge is 2.29. The van der Waals surface area contributed by atoms with Crippen LogP contribution >= 0.6 is 0 Å². The minimum absolute atomic E-state index is 0.415. The van der Waals surface area contributed by atoms with Crippen LogP contribution in [0, 0.1) is 11.8 Å². The molecule has 1 aliphatic carbocycles. The molecule has 1 atom stereocenters. The maximum atomic E-state index is 5.76. The number of oxazole rings is 1. The van der Waals surface area contributed by atoms with E-state index >= 15 is 0 Å². The molecule has 14 heavy (non-hydrogen) atoms. The second-order valence-corrected chi connectivity index (χ2v) is 4.99. The van der Waals surface area contributed by atoms with Gasteiger partial charge in [-0.25, -0.2) is 4.98 Å². The van der Waals surface area contributed by atoms with Crippen molar-refractivity contribution in [1.82, 2.24) is 4.98 Å². The average molecular weight is 193 g/mol. The molecule has 0 radical (unpaired) electrons. The summed E-state index contributed by atoms with van der Waals surface area (Å²) in [6, 6.07) is 0. The fraction of sp³-hybridized carbons (Fsp3) is 0.750. The highest BCUT2D eigenvalue weighted by atomic mass is 16.4. The van der Waals surface area contributed by atoms with Crippen LogP contribution in [0.3, 0.4) is 0 Å². The lowest BCUT2D eigenvalue weighted by Crippen LogP contribution is -2.08. The predicted octanol–water partition coefficient (Wildman–Crippen LogP) is 3.17. The molecule has 2 rings (SSSR count). The summed E-state index contributed by atoms with van der Waals surface area (Å²) in [5, 5.41) is 0. The van der Waals surface area contributed by atoms with Crippen LogP contribution in [-0.4, -0.2) is 4.98 Å². The molecular weight excluding hydrogens is 174 g/mol. The van der Waals surface area contributed by atoms with Gasteiger partial charge in [-0.3, -0.25) is 0 Å². The lowest BCUT2D eigenvalue weighted by Gasteiger charge is -2.12. The molecule has 0 aliphatic heterocycles. The van der Waals surface area contributed by atoms with Gasteiger partial charge in [-0.15, -0.1) is 0 Å². The Morgan fingerprint density at radius 1 is 1.21 bits per heavy atom. The highest BCUT2D eigenvalue weighted by molar-refractivity contribution is 5.18. The number of hydrogen-bond donors (Lipinski definition) is 0. The van der Waals surface area contributed by atoms with E-state index in [4.69, 9.17) is 4.42 Å². The van der Waals surface area contributed by atoms with Gasteiger partial charge in [0.25, 0.3) is 0 Å². The highest BCUT2D eigenvalue weighted by Crippen LogP contribution is 2.32. The van der Waals surface area contributed by atoms with E-state index in [0.29, 0.717) is 5.92 Å². The number of fused-ring (bicyclic) bond motifs is 1. The number of nitrogens with zero attached hydrogens (tertiary/aromatic N) is 1. The third-order valence-electron chi connectivity index (χ3n) is 3.13. The van der Waals surface area contributed by atoms with E-state index < -0.39 is 0 Å². The van der Waals surface area contributed by atoms with Gasteiger partial charge in [-0.2, -0.15) is 0 Å². The Labute approximate surface area is 85.7 Å². The fourth-order valence-corrected chi connectivity index (χ4v) is 2.00. The minimum atomic E-state index is 0.415. The van der Waals surface area contributed by atoms with Crippen molar-refractivity contribution >= 4 is 0 Å². The Kier molecular flexibility index (Phi) is 2.38. The summed E-state index contributed by atoms with van der Waals surface area (Å²) < 4.78 is 5.76. The van der Waals surface area contributed by atoms with Crippen LogP contribution in [0.5, 0.6) is 0 Å². The van der Waals surface area contributed by atoms with Crippen molar-refractivity contribution in [1.29, 1.82) is 0 Å². The normalized spacial score (nSPS) is 20.9. The third-order valence-corrected chi connectivity index (χ3v) is 3.13. The molecule has 78 valence electrons. The zero-order chi connectivity index (χ0) is 10.3. The van der Waals surface area contributed by atoms with E-state index in [1.807, 2.05) is 0 Å². The van der Waals surface area contributed by atoms with E-state index in [9.17, 15) is 0 Å². The van der Waals surface area contributed by atoms with E-state index in [2.05, 4.69) is 32.7 Å². The molecule has 0 fully saturated rings. The number of hydrogen-bond acceptors (Lipinski definition) is 2. The summed E-state index contributed by atoms with van der Waals surface area (Å²) in [4.78, 5) is 4.56. The molecule has 0 aromatic carbocycles. The van der Waals surface area contributed by atoms with Crippen molar-refractivity contribution in [3.63, 3.8) is 0 Å². The molecule has 1 aromatic heterocycles. The van der Waals surface area contributed by atoms with Crippen LogP contribution in [0.25, 0.3) is 0 Å². The molecule has 0 saturated heterocycles. The van der Waals surface area contributed by atoms with E-state index in [1.54, 1.807) is 0 Å². The van der Waals surface area contributed by atoms with Gasteiger partial charge in [0.2, 0.25) is 0 Å². The maximum Gasteiger partial charge on any atom is 0.197 e. The van der Waals surface area contributed by atoms with Crippen molar-refractivity contribution in [3.05, 3.63) is 17.3 Å². The van der Waals surface area contributed by atoms with Gasteiger partial charge < -0.3 is 4.42 Å². The molecule has 1 heterocycles. The zero-order valence-corrected chi connectivity index (χ0v) is 9.50. The molecule has 1 unspecified atom stereocenters. The molecule has 2 nitrogen and oxygen atoms in total. The monoisotopic (exact) mass is 193 g/mol. The first kappa shape index (κ1) is 9.75. The lowest BCUT2D eigenvalue weighted by molar-refractivity contribution is 0.361. The van der Waals surface area contributed by atoms with Gasteiger partial charge in [0.05, 0.1) is 5.69 Å². The third kappa shape index (κ3) is 1.58. The molecular formula is C12H19NO. The van der Waals surface area contributed by atoms with Crippen molar-refractivity contribution in [2.24, 2.45) is 11.8 Å². The Bertz CT molecular complexity index is 302. The first-order chi connectivity index (χ1) is 6.58. The van der Waals surface area contributed by atoms with Crippen LogP contribution in [-0.2, 0) is 12.8 Å². The first-order valence-electron chi connectivity index (χ1n) is 5.56. The Morgan fingerprint density at radius 3 is 2.43 bits per heavy atom. The molecule has 0 N–H and O–H groups in total. The summed E-state index contributed by atoms with van der Waals surface area (Å²) in [5.74, 6) is 3.96. The van der Waals surface area contributed by atoms with Crippen molar-refractivity contribution in [3.8, 4) is 0 Å². The summed E-state index contributed by atoms with van der Waals surface area (Å²) in [6.45, 7) is 8.81. The Morgan fingerprint density at radius 2 is 1.93 bits per heavy atom. The molecule has 0 spiro atoms. The topological polar surface area (TPSA) is 26.0 Å². The van der Waals surface area contributed by atoms with Gasteiger partial charge in [0.15, 0.2) is 5.89 Å². The largest absolute Gasteiger partial charge is 0.445 e. The van der Waals surface area contributed by atoms with Crippen LogP contribution in [0.2, 0.25) is 0 Å². The van der Waals surface area contributed by atoms with Crippen LogP contribution < -0.4 is 0 Å². The van der Waals surface area contributed by atoms with Crippen LogP contribution in [0.1, 0.15) is 51.0 Å². The molecule has 1 aliphatic rings. The van der Waals surface area contributed by atoms with Crippen molar-refractivity contribution in [2.45, 2.75) is 46.5 Å². The van der Waals surface area contributed by atoms with E-state index in [1.165, 1.54) is 5.69 Å². The summed E-state index contributed by atoms with van der Waals surface area (Å²) in [5.41, 5.74) is 1.22. The molecule has 1 aromatic rings. The van der Waals surface area contributed by atoms with Gasteiger partial charge in [-0.1, -0.05) is 27.7 Å². The van der Waals surface area contributed by atoms with E-state index in [-0.39, 0.29) is 0 Å². The quantitative estimate of drug-likeness (QED) is 0.721. The van der Waals surface area contributed by atoms with Gasteiger partial charge in [0, 0.05) is 12.3 Å². The Hall–Kier alpha value is -0.790. The summed E-state index contributed by atoms with van der Waals surface area (Å²) in [7, 11) is 0. The molecule has 0 amide bonds. The minimum Gasteiger partial charge on any atom is -0.445 e. The zero-order valence-electron chi connectivity index (χ0n) is 9.50. The SMILES string of the molecule is CC(C)c1nc2c(o1)CC(C(C)C)C2. The summed E-state index contributed by atoms with van der Waals surface area (Å²) >= 11 is 0. The lowest BCUT2D eigenvalue weighted by atomic mass is 9.94. The summed E-state index contributed by atoms with van der Waals surface area (Å²) in [6.07, 6.45) is 2.20. The standard InChI is InChI=1S/C12H19NO/c1-7(2)9-5-10-11(6-9)14-12(13-10)8(3)4/h7-9H,5-6H2,1-4H3.